The molecule has 2 saturated carbocycles. The number of rotatable bonds is 5. The Bertz CT molecular complexity index is 1110. The molecule has 0 aliphatic heterocycles. The summed E-state index contributed by atoms with van der Waals surface area (Å²) in [6, 6.07) is 14.5. The van der Waals surface area contributed by atoms with Crippen molar-refractivity contribution in [1.82, 2.24) is 5.43 Å². The standard InChI is InChI=1S/C23H27N3O3S/c1-22(2)17-12-13-23(22,3)20(15-17)24-25-21(27)16-8-7-9-18(14-16)26-30(28,29)19-10-5-4-6-11-19/h4-11,14,17,26H,12-13,15H2,1-3H3,(H,25,27)/b24-20+/t17-,23-/m1/s1. The largest absolute Gasteiger partial charge is 0.280 e. The van der Waals surface area contributed by atoms with Gasteiger partial charge in [0.15, 0.2) is 0 Å². The lowest BCUT2D eigenvalue weighted by Crippen LogP contribution is -2.34. The van der Waals surface area contributed by atoms with E-state index in [1.54, 1.807) is 36.4 Å². The molecule has 0 unspecified atom stereocenters. The Hall–Kier alpha value is -2.67. The molecule has 2 aliphatic rings. The van der Waals surface area contributed by atoms with E-state index in [0.29, 0.717) is 17.2 Å². The van der Waals surface area contributed by atoms with Gasteiger partial charge in [-0.3, -0.25) is 9.52 Å². The highest BCUT2D eigenvalue weighted by atomic mass is 32.2. The zero-order chi connectivity index (χ0) is 21.6. The second-order valence-electron chi connectivity index (χ2n) is 8.99. The smallest absolute Gasteiger partial charge is 0.271 e. The van der Waals surface area contributed by atoms with Gasteiger partial charge in [-0.15, -0.1) is 0 Å². The van der Waals surface area contributed by atoms with Gasteiger partial charge in [0.25, 0.3) is 15.9 Å². The summed E-state index contributed by atoms with van der Waals surface area (Å²) in [5, 5.41) is 4.48. The molecule has 158 valence electrons. The van der Waals surface area contributed by atoms with Crippen molar-refractivity contribution in [2.75, 3.05) is 4.72 Å². The molecule has 1 amide bonds. The van der Waals surface area contributed by atoms with E-state index in [0.717, 1.165) is 18.6 Å². The van der Waals surface area contributed by atoms with Crippen LogP contribution in [0.3, 0.4) is 0 Å². The van der Waals surface area contributed by atoms with E-state index in [4.69, 9.17) is 0 Å². The number of nitrogens with zero attached hydrogens (tertiary/aromatic N) is 1. The summed E-state index contributed by atoms with van der Waals surface area (Å²) in [7, 11) is -3.72. The molecule has 30 heavy (non-hydrogen) atoms. The van der Waals surface area contributed by atoms with Crippen LogP contribution < -0.4 is 10.1 Å². The number of amides is 1. The summed E-state index contributed by atoms with van der Waals surface area (Å²) in [6.07, 6.45) is 3.22. The molecule has 2 fully saturated rings. The normalized spacial score (nSPS) is 26.0. The number of hydrogen-bond acceptors (Lipinski definition) is 4. The third-order valence-electron chi connectivity index (χ3n) is 7.24. The van der Waals surface area contributed by atoms with Gasteiger partial charge in [0, 0.05) is 22.4 Å². The summed E-state index contributed by atoms with van der Waals surface area (Å²) in [5.41, 5.74) is 4.61. The lowest BCUT2D eigenvalue weighted by molar-refractivity contribution is 0.0954. The summed E-state index contributed by atoms with van der Waals surface area (Å²) in [4.78, 5) is 12.8. The second kappa shape index (κ2) is 7.23. The number of hydrazone groups is 1. The predicted octanol–water partition coefficient (Wildman–Crippen LogP) is 4.42. The average Bonchev–Trinajstić information content (AvgIpc) is 3.06. The highest BCUT2D eigenvalue weighted by molar-refractivity contribution is 7.92. The Morgan fingerprint density at radius 1 is 1.07 bits per heavy atom. The van der Waals surface area contributed by atoms with Crippen molar-refractivity contribution in [3.8, 4) is 0 Å². The molecule has 2 aliphatic carbocycles. The van der Waals surface area contributed by atoms with Gasteiger partial charge in [-0.1, -0.05) is 45.0 Å². The summed E-state index contributed by atoms with van der Waals surface area (Å²) in [6.45, 7) is 6.82. The highest BCUT2D eigenvalue weighted by Crippen LogP contribution is 2.63. The zero-order valence-electron chi connectivity index (χ0n) is 17.5. The Kier molecular flexibility index (Phi) is 4.97. The van der Waals surface area contributed by atoms with E-state index >= 15 is 0 Å². The van der Waals surface area contributed by atoms with Crippen molar-refractivity contribution in [3.63, 3.8) is 0 Å². The monoisotopic (exact) mass is 425 g/mol. The van der Waals surface area contributed by atoms with Crippen molar-refractivity contribution < 1.29 is 13.2 Å². The van der Waals surface area contributed by atoms with Crippen LogP contribution in [0.2, 0.25) is 0 Å². The maximum Gasteiger partial charge on any atom is 0.271 e. The SMILES string of the molecule is CC1(C)[C@@H]2CC[C@]1(C)/C(=N/NC(=O)c1cccc(NS(=O)(=O)c3ccccc3)c1)C2. The Balaban J connectivity index is 1.49. The Morgan fingerprint density at radius 2 is 1.80 bits per heavy atom. The van der Waals surface area contributed by atoms with Crippen LogP contribution in [0.25, 0.3) is 0 Å². The topological polar surface area (TPSA) is 87.6 Å². The van der Waals surface area contributed by atoms with Crippen LogP contribution in [0, 0.1) is 16.7 Å². The van der Waals surface area contributed by atoms with Crippen molar-refractivity contribution in [2.45, 2.75) is 44.9 Å². The number of nitrogens with one attached hydrogen (secondary N) is 2. The summed E-state index contributed by atoms with van der Waals surface area (Å²) >= 11 is 0. The molecule has 4 rings (SSSR count). The lowest BCUT2D eigenvalue weighted by Gasteiger charge is -2.34. The summed E-state index contributed by atoms with van der Waals surface area (Å²) < 4.78 is 27.6. The van der Waals surface area contributed by atoms with Gasteiger partial charge in [-0.25, -0.2) is 13.8 Å². The minimum atomic E-state index is -3.72. The number of fused-ring (bicyclic) bond motifs is 2. The molecule has 2 bridgehead atoms. The van der Waals surface area contributed by atoms with E-state index in [1.807, 2.05) is 0 Å². The van der Waals surface area contributed by atoms with E-state index in [-0.39, 0.29) is 21.6 Å². The molecule has 7 heteroatoms. The van der Waals surface area contributed by atoms with Crippen LogP contribution in [-0.4, -0.2) is 20.0 Å². The van der Waals surface area contributed by atoms with Gasteiger partial charge in [0.2, 0.25) is 0 Å². The number of benzene rings is 2. The van der Waals surface area contributed by atoms with Crippen LogP contribution in [-0.2, 0) is 10.0 Å². The van der Waals surface area contributed by atoms with Crippen molar-refractivity contribution >= 4 is 27.3 Å². The molecule has 0 radical (unpaired) electrons. The quantitative estimate of drug-likeness (QED) is 0.695. The minimum Gasteiger partial charge on any atom is -0.280 e. The maximum absolute atomic E-state index is 12.7. The molecule has 0 saturated heterocycles. The first-order valence-electron chi connectivity index (χ1n) is 10.2. The fourth-order valence-electron chi connectivity index (χ4n) is 4.82. The number of hydrogen-bond donors (Lipinski definition) is 2. The fourth-order valence-corrected chi connectivity index (χ4v) is 5.89. The summed E-state index contributed by atoms with van der Waals surface area (Å²) in [5.74, 6) is 0.251. The lowest BCUT2D eigenvalue weighted by atomic mass is 9.70. The van der Waals surface area contributed by atoms with Gasteiger partial charge in [-0.2, -0.15) is 5.10 Å². The third kappa shape index (κ3) is 3.41. The van der Waals surface area contributed by atoms with Crippen LogP contribution in [0.1, 0.15) is 50.4 Å². The number of anilines is 1. The Morgan fingerprint density at radius 3 is 2.43 bits per heavy atom. The van der Waals surface area contributed by atoms with E-state index < -0.39 is 10.0 Å². The first-order valence-corrected chi connectivity index (χ1v) is 11.7. The molecule has 2 atom stereocenters. The van der Waals surface area contributed by atoms with Gasteiger partial charge < -0.3 is 0 Å². The number of carbonyl (C=O) groups excluding carboxylic acids is 1. The van der Waals surface area contributed by atoms with Crippen LogP contribution in [0.4, 0.5) is 5.69 Å². The average molecular weight is 426 g/mol. The van der Waals surface area contributed by atoms with Crippen molar-refractivity contribution in [1.29, 1.82) is 0 Å². The van der Waals surface area contributed by atoms with E-state index in [9.17, 15) is 13.2 Å². The van der Waals surface area contributed by atoms with Crippen molar-refractivity contribution in [2.24, 2.45) is 21.8 Å². The first-order chi connectivity index (χ1) is 14.1. The predicted molar refractivity (Wildman–Crippen MR) is 118 cm³/mol. The molecule has 0 spiro atoms. The Labute approximate surface area is 177 Å². The van der Waals surface area contributed by atoms with Gasteiger partial charge in [0.1, 0.15) is 0 Å². The van der Waals surface area contributed by atoms with E-state index in [2.05, 4.69) is 36.0 Å². The molecule has 2 N–H and O–H groups in total. The van der Waals surface area contributed by atoms with Gasteiger partial charge >= 0.3 is 0 Å². The minimum absolute atomic E-state index is 0.0120. The fraction of sp³-hybridized carbons (Fsp3) is 0.391. The third-order valence-corrected chi connectivity index (χ3v) is 8.63. The van der Waals surface area contributed by atoms with Gasteiger partial charge in [0.05, 0.1) is 4.90 Å². The molecular formula is C23H27N3O3S. The zero-order valence-corrected chi connectivity index (χ0v) is 18.3. The molecule has 2 aromatic rings. The number of carbonyl (C=O) groups is 1. The van der Waals surface area contributed by atoms with Crippen molar-refractivity contribution in [3.05, 3.63) is 60.2 Å². The van der Waals surface area contributed by atoms with Crippen LogP contribution in [0.15, 0.2) is 64.6 Å². The maximum atomic E-state index is 12.7. The van der Waals surface area contributed by atoms with Gasteiger partial charge in [-0.05, 0) is 60.9 Å². The molecule has 0 aromatic heterocycles. The highest BCUT2D eigenvalue weighted by Gasteiger charge is 2.60. The van der Waals surface area contributed by atoms with Crippen LogP contribution >= 0.6 is 0 Å². The molecule has 2 aromatic carbocycles. The first kappa shape index (κ1) is 20.6. The second-order valence-corrected chi connectivity index (χ2v) is 10.7. The van der Waals surface area contributed by atoms with E-state index in [1.165, 1.54) is 24.6 Å². The number of sulfonamides is 1. The molecular weight excluding hydrogens is 398 g/mol. The molecule has 0 heterocycles. The molecule has 6 nitrogen and oxygen atoms in total. The van der Waals surface area contributed by atoms with Crippen LogP contribution in [0.5, 0.6) is 0 Å².